The molecule has 0 aromatic carbocycles. The summed E-state index contributed by atoms with van der Waals surface area (Å²) in [5.41, 5.74) is 5.67. The van der Waals surface area contributed by atoms with E-state index < -0.39 is 5.97 Å². The Balaban J connectivity index is 1.71. The number of ether oxygens (including phenoxy) is 1. The molecule has 0 aromatic rings. The van der Waals surface area contributed by atoms with Crippen molar-refractivity contribution in [2.75, 3.05) is 0 Å². The van der Waals surface area contributed by atoms with Crippen molar-refractivity contribution in [1.82, 2.24) is 0 Å². The molecule has 0 aromatic heterocycles. The van der Waals surface area contributed by atoms with Gasteiger partial charge in [-0.25, -0.2) is 0 Å². The van der Waals surface area contributed by atoms with E-state index in [0.29, 0.717) is 12.3 Å². The normalized spacial score (nSPS) is 27.9. The molecular formula is C28H43O3-. The molecule has 3 heteroatoms. The van der Waals surface area contributed by atoms with Crippen LogP contribution in [-0.4, -0.2) is 17.7 Å². The van der Waals surface area contributed by atoms with Gasteiger partial charge in [0, 0.05) is 11.9 Å². The number of carbonyl (C=O) groups excluding carboxylic acids is 1. The third-order valence-electron chi connectivity index (χ3n) is 7.26. The summed E-state index contributed by atoms with van der Waals surface area (Å²) in [6, 6.07) is 0. The Hall–Kier alpha value is -1.61. The smallest absolute Gasteiger partial charge is 0.0858 e. The summed E-state index contributed by atoms with van der Waals surface area (Å²) < 4.78 is 6.64. The zero-order chi connectivity index (χ0) is 23.0. The Labute approximate surface area is 190 Å². The number of carbonyl (C=O) groups is 1. The first-order chi connectivity index (χ1) is 14.6. The first-order valence-electron chi connectivity index (χ1n) is 12.2. The molecule has 4 atom stereocenters. The zero-order valence-electron chi connectivity index (χ0n) is 20.6. The molecule has 0 bridgehead atoms. The Kier molecular flexibility index (Phi) is 9.81. The van der Waals surface area contributed by atoms with Crippen LogP contribution in [0.5, 0.6) is 0 Å². The molecule has 0 amide bonds. The van der Waals surface area contributed by atoms with Crippen molar-refractivity contribution in [3.63, 3.8) is 0 Å². The lowest BCUT2D eigenvalue weighted by molar-refractivity contribution is -0.311. The molecule has 4 unspecified atom stereocenters. The second-order valence-corrected chi connectivity index (χ2v) is 10.2. The Morgan fingerprint density at radius 2 is 1.90 bits per heavy atom. The minimum atomic E-state index is -0.938. The van der Waals surface area contributed by atoms with Crippen molar-refractivity contribution >= 4 is 5.97 Å². The van der Waals surface area contributed by atoms with Gasteiger partial charge in [-0.3, -0.25) is 0 Å². The standard InChI is InChI=1S/C28H44O3/c1-20(12-8-14-23(4)27(29)30)10-7-11-21(2)13-9-18-28(6)19-17-25-16-15-22(3)24(5)26(25)31-28/h10,13,15-16,23-24,26H,7-9,11-12,14,17-19H2,1-6H3,(H,29,30)/p-1/b20-10+,21-13+. The molecule has 2 aliphatic rings. The molecular weight excluding hydrogens is 384 g/mol. The van der Waals surface area contributed by atoms with E-state index in [-0.39, 0.29) is 17.6 Å². The highest BCUT2D eigenvalue weighted by Crippen LogP contribution is 2.41. The number of aliphatic carboxylic acids is 1. The van der Waals surface area contributed by atoms with Crippen LogP contribution in [0.4, 0.5) is 0 Å². The van der Waals surface area contributed by atoms with Gasteiger partial charge in [0.25, 0.3) is 0 Å². The molecule has 1 aliphatic carbocycles. The predicted molar refractivity (Wildman–Crippen MR) is 128 cm³/mol. The lowest BCUT2D eigenvalue weighted by Gasteiger charge is -2.44. The van der Waals surface area contributed by atoms with Crippen LogP contribution in [0.2, 0.25) is 0 Å². The van der Waals surface area contributed by atoms with Gasteiger partial charge in [0.2, 0.25) is 0 Å². The molecule has 0 N–H and O–H groups in total. The van der Waals surface area contributed by atoms with Crippen LogP contribution in [0.3, 0.4) is 0 Å². The van der Waals surface area contributed by atoms with Crippen molar-refractivity contribution in [3.05, 3.63) is 46.6 Å². The number of hydrogen-bond acceptors (Lipinski definition) is 3. The van der Waals surface area contributed by atoms with Gasteiger partial charge in [0.1, 0.15) is 0 Å². The maximum Gasteiger partial charge on any atom is 0.0858 e. The third kappa shape index (κ3) is 8.11. The fourth-order valence-corrected chi connectivity index (χ4v) is 4.59. The van der Waals surface area contributed by atoms with Gasteiger partial charge >= 0.3 is 0 Å². The van der Waals surface area contributed by atoms with E-state index in [1.165, 1.54) is 22.3 Å². The lowest BCUT2D eigenvalue weighted by atomic mass is 9.78. The maximum absolute atomic E-state index is 10.8. The van der Waals surface area contributed by atoms with E-state index in [9.17, 15) is 9.90 Å². The molecule has 31 heavy (non-hydrogen) atoms. The Morgan fingerprint density at radius 1 is 1.23 bits per heavy atom. The quantitative estimate of drug-likeness (QED) is 0.356. The number of carboxylic acid groups (broad SMARTS) is 1. The van der Waals surface area contributed by atoms with Crippen LogP contribution in [-0.2, 0) is 9.53 Å². The van der Waals surface area contributed by atoms with Gasteiger partial charge in [-0.05, 0) is 97.0 Å². The molecule has 174 valence electrons. The summed E-state index contributed by atoms with van der Waals surface area (Å²) in [6.07, 6.45) is 18.6. The van der Waals surface area contributed by atoms with Crippen LogP contribution < -0.4 is 5.11 Å². The van der Waals surface area contributed by atoms with E-state index in [1.807, 2.05) is 0 Å². The van der Waals surface area contributed by atoms with E-state index in [2.05, 4.69) is 58.9 Å². The average Bonchev–Trinajstić information content (AvgIpc) is 2.71. The molecule has 3 nitrogen and oxygen atoms in total. The van der Waals surface area contributed by atoms with Crippen LogP contribution in [0, 0.1) is 11.8 Å². The third-order valence-corrected chi connectivity index (χ3v) is 7.26. The van der Waals surface area contributed by atoms with E-state index in [4.69, 9.17) is 4.74 Å². The summed E-state index contributed by atoms with van der Waals surface area (Å²) in [5, 5.41) is 10.8. The molecule has 0 radical (unpaired) electrons. The molecule has 1 aliphatic heterocycles. The summed E-state index contributed by atoms with van der Waals surface area (Å²) in [5.74, 6) is -0.805. The van der Waals surface area contributed by atoms with Gasteiger partial charge in [-0.15, -0.1) is 0 Å². The molecule has 2 rings (SSSR count). The van der Waals surface area contributed by atoms with Crippen molar-refractivity contribution < 1.29 is 14.6 Å². The lowest BCUT2D eigenvalue weighted by Crippen LogP contribution is -2.43. The fraction of sp³-hybridized carbons (Fsp3) is 0.679. The molecule has 1 heterocycles. The summed E-state index contributed by atoms with van der Waals surface area (Å²) >= 11 is 0. The van der Waals surface area contributed by atoms with E-state index in [1.54, 1.807) is 6.92 Å². The van der Waals surface area contributed by atoms with Crippen molar-refractivity contribution in [1.29, 1.82) is 0 Å². The number of carboxylic acids is 1. The van der Waals surface area contributed by atoms with Gasteiger partial charge in [-0.2, -0.15) is 0 Å². The van der Waals surface area contributed by atoms with E-state index >= 15 is 0 Å². The summed E-state index contributed by atoms with van der Waals surface area (Å²) in [7, 11) is 0. The van der Waals surface area contributed by atoms with Gasteiger partial charge in [-0.1, -0.05) is 54.9 Å². The van der Waals surface area contributed by atoms with Gasteiger partial charge in [0.05, 0.1) is 11.7 Å². The highest BCUT2D eigenvalue weighted by molar-refractivity contribution is 5.66. The highest BCUT2D eigenvalue weighted by atomic mass is 16.5. The topological polar surface area (TPSA) is 49.4 Å². The molecule has 0 saturated carbocycles. The number of allylic oxidation sites excluding steroid dienone is 6. The highest BCUT2D eigenvalue weighted by Gasteiger charge is 2.38. The Morgan fingerprint density at radius 3 is 2.61 bits per heavy atom. The largest absolute Gasteiger partial charge is 0.550 e. The molecule has 0 spiro atoms. The average molecular weight is 428 g/mol. The Bertz CT molecular complexity index is 739. The monoisotopic (exact) mass is 427 g/mol. The number of fused-ring (bicyclic) bond motifs is 1. The molecule has 1 saturated heterocycles. The first-order valence-corrected chi connectivity index (χ1v) is 12.2. The fourth-order valence-electron chi connectivity index (χ4n) is 4.59. The first kappa shape index (κ1) is 25.6. The van der Waals surface area contributed by atoms with E-state index in [0.717, 1.165) is 51.4 Å². The van der Waals surface area contributed by atoms with Crippen LogP contribution in [0.1, 0.15) is 99.3 Å². The summed E-state index contributed by atoms with van der Waals surface area (Å²) in [4.78, 5) is 10.8. The van der Waals surface area contributed by atoms with Crippen LogP contribution >= 0.6 is 0 Å². The van der Waals surface area contributed by atoms with Gasteiger partial charge in [0.15, 0.2) is 0 Å². The predicted octanol–water partition coefficient (Wildman–Crippen LogP) is 6.46. The van der Waals surface area contributed by atoms with Crippen LogP contribution in [0.25, 0.3) is 0 Å². The van der Waals surface area contributed by atoms with Crippen molar-refractivity contribution in [2.45, 2.75) is 111 Å². The SMILES string of the molecule is CC1=CC=C2CCC(C)(CC/C=C(\C)CC/C=C(\C)CCCC(C)C(=O)[O-])OC2C1C. The minimum absolute atomic E-state index is 0.0240. The zero-order valence-corrected chi connectivity index (χ0v) is 20.6. The minimum Gasteiger partial charge on any atom is -0.550 e. The van der Waals surface area contributed by atoms with Gasteiger partial charge < -0.3 is 14.6 Å². The van der Waals surface area contributed by atoms with Crippen molar-refractivity contribution in [2.24, 2.45) is 11.8 Å². The molecule has 1 fully saturated rings. The number of rotatable bonds is 11. The van der Waals surface area contributed by atoms with Crippen LogP contribution in [0.15, 0.2) is 46.6 Å². The number of hydrogen-bond donors (Lipinski definition) is 0. The summed E-state index contributed by atoms with van der Waals surface area (Å²) in [6.45, 7) is 12.9. The maximum atomic E-state index is 10.8. The second-order valence-electron chi connectivity index (χ2n) is 10.2. The second kappa shape index (κ2) is 11.9. The van der Waals surface area contributed by atoms with Crippen molar-refractivity contribution in [3.8, 4) is 0 Å².